The van der Waals surface area contributed by atoms with Crippen LogP contribution in [0.1, 0.15) is 73.5 Å². The zero-order valence-electron chi connectivity index (χ0n) is 24.6. The van der Waals surface area contributed by atoms with E-state index in [1.807, 2.05) is 7.11 Å². The molecule has 1 aromatic heterocycles. The van der Waals surface area contributed by atoms with Gasteiger partial charge in [0.15, 0.2) is 5.82 Å². The van der Waals surface area contributed by atoms with E-state index in [1.165, 1.54) is 39.2 Å². The maximum absolute atomic E-state index is 5.88. The van der Waals surface area contributed by atoms with Crippen molar-refractivity contribution in [3.05, 3.63) is 69.9 Å². The van der Waals surface area contributed by atoms with Crippen LogP contribution in [0.5, 0.6) is 0 Å². The van der Waals surface area contributed by atoms with Crippen LogP contribution in [0.15, 0.2) is 36.4 Å². The molecule has 38 heavy (non-hydrogen) atoms. The third-order valence-electron chi connectivity index (χ3n) is 8.63. The number of rotatable bonds is 5. The van der Waals surface area contributed by atoms with Gasteiger partial charge in [0, 0.05) is 61.9 Å². The SMILES string of the molecule is CO[C@H]1CCN(c2nc(-c3cc(C)ccc3C)nc3c2CN(c2cc(C(C)C)ccc2C)CC3)CC1(C)C. The lowest BCUT2D eigenvalue weighted by Crippen LogP contribution is -2.50. The third kappa shape index (κ3) is 5.05. The van der Waals surface area contributed by atoms with Crippen LogP contribution in [0.2, 0.25) is 0 Å². The van der Waals surface area contributed by atoms with Gasteiger partial charge >= 0.3 is 0 Å². The van der Waals surface area contributed by atoms with Gasteiger partial charge in [0.25, 0.3) is 0 Å². The first-order chi connectivity index (χ1) is 18.1. The number of aryl methyl sites for hydroxylation is 3. The molecule has 3 heterocycles. The lowest BCUT2D eigenvalue weighted by atomic mass is 9.81. The number of hydrogen-bond acceptors (Lipinski definition) is 5. The molecule has 2 aliphatic heterocycles. The number of hydrogen-bond donors (Lipinski definition) is 0. The molecule has 0 unspecified atom stereocenters. The summed E-state index contributed by atoms with van der Waals surface area (Å²) in [4.78, 5) is 15.6. The number of ether oxygens (including phenoxy) is 1. The Hall–Kier alpha value is -2.92. The normalized spacial score (nSPS) is 19.1. The highest BCUT2D eigenvalue weighted by atomic mass is 16.5. The van der Waals surface area contributed by atoms with Crippen molar-refractivity contribution in [1.82, 2.24) is 9.97 Å². The molecular weight excluding hydrogens is 468 g/mol. The summed E-state index contributed by atoms with van der Waals surface area (Å²) in [5, 5.41) is 0. The van der Waals surface area contributed by atoms with Gasteiger partial charge in [-0.25, -0.2) is 9.97 Å². The molecule has 0 saturated carbocycles. The van der Waals surface area contributed by atoms with Gasteiger partial charge in [-0.2, -0.15) is 0 Å². The fourth-order valence-corrected chi connectivity index (χ4v) is 6.24. The summed E-state index contributed by atoms with van der Waals surface area (Å²) < 4.78 is 5.88. The van der Waals surface area contributed by atoms with E-state index in [-0.39, 0.29) is 11.5 Å². The Balaban J connectivity index is 1.60. The highest BCUT2D eigenvalue weighted by Crippen LogP contribution is 2.39. The fourth-order valence-electron chi connectivity index (χ4n) is 6.24. The Labute approximate surface area is 229 Å². The second-order valence-corrected chi connectivity index (χ2v) is 12.4. The highest BCUT2D eigenvalue weighted by molar-refractivity contribution is 5.66. The first-order valence-electron chi connectivity index (χ1n) is 14.2. The first-order valence-corrected chi connectivity index (χ1v) is 14.2. The lowest BCUT2D eigenvalue weighted by molar-refractivity contribution is -0.00647. The van der Waals surface area contributed by atoms with Gasteiger partial charge in [-0.3, -0.25) is 0 Å². The number of fused-ring (bicyclic) bond motifs is 1. The Kier molecular flexibility index (Phi) is 7.25. The average molecular weight is 513 g/mol. The van der Waals surface area contributed by atoms with E-state index in [0.29, 0.717) is 5.92 Å². The molecule has 2 aromatic carbocycles. The molecule has 0 bridgehead atoms. The monoisotopic (exact) mass is 512 g/mol. The predicted octanol–water partition coefficient (Wildman–Crippen LogP) is 7.01. The minimum Gasteiger partial charge on any atom is -0.381 e. The van der Waals surface area contributed by atoms with Crippen LogP contribution in [-0.4, -0.2) is 42.8 Å². The van der Waals surface area contributed by atoms with E-state index in [4.69, 9.17) is 14.7 Å². The molecule has 3 aromatic rings. The van der Waals surface area contributed by atoms with Crippen LogP contribution in [0.4, 0.5) is 11.5 Å². The van der Waals surface area contributed by atoms with Crippen molar-refractivity contribution >= 4 is 11.5 Å². The highest BCUT2D eigenvalue weighted by Gasteiger charge is 2.38. The summed E-state index contributed by atoms with van der Waals surface area (Å²) >= 11 is 0. The average Bonchev–Trinajstić information content (AvgIpc) is 2.88. The molecule has 0 spiro atoms. The van der Waals surface area contributed by atoms with Crippen LogP contribution >= 0.6 is 0 Å². The second kappa shape index (κ2) is 10.3. The second-order valence-electron chi connectivity index (χ2n) is 12.4. The molecule has 0 radical (unpaired) electrons. The lowest BCUT2D eigenvalue weighted by Gasteiger charge is -2.45. The molecule has 0 aliphatic carbocycles. The summed E-state index contributed by atoms with van der Waals surface area (Å²) in [5.74, 6) is 2.48. The quantitative estimate of drug-likeness (QED) is 0.368. The smallest absolute Gasteiger partial charge is 0.162 e. The fraction of sp³-hybridized carbons (Fsp3) is 0.515. The maximum Gasteiger partial charge on any atom is 0.162 e. The zero-order valence-corrected chi connectivity index (χ0v) is 24.6. The topological polar surface area (TPSA) is 41.5 Å². The molecule has 0 N–H and O–H groups in total. The summed E-state index contributed by atoms with van der Waals surface area (Å²) in [7, 11) is 1.85. The van der Waals surface area contributed by atoms with E-state index in [1.54, 1.807) is 0 Å². The zero-order chi connectivity index (χ0) is 27.2. The van der Waals surface area contributed by atoms with Crippen LogP contribution in [-0.2, 0) is 17.7 Å². The van der Waals surface area contributed by atoms with Crippen LogP contribution < -0.4 is 9.80 Å². The van der Waals surface area contributed by atoms with Gasteiger partial charge in [-0.1, -0.05) is 57.5 Å². The van der Waals surface area contributed by atoms with E-state index >= 15 is 0 Å². The van der Waals surface area contributed by atoms with Crippen LogP contribution in [0, 0.1) is 26.2 Å². The molecule has 1 atom stereocenters. The molecule has 0 amide bonds. The predicted molar refractivity (Wildman–Crippen MR) is 158 cm³/mol. The molecule has 2 aliphatic rings. The summed E-state index contributed by atoms with van der Waals surface area (Å²) in [5.41, 5.74) is 10.2. The van der Waals surface area contributed by atoms with E-state index in [9.17, 15) is 0 Å². The molecule has 5 heteroatoms. The summed E-state index contributed by atoms with van der Waals surface area (Å²) in [6.45, 7) is 19.4. The van der Waals surface area contributed by atoms with Crippen LogP contribution in [0.25, 0.3) is 11.4 Å². The number of anilines is 2. The van der Waals surface area contributed by atoms with Crippen molar-refractivity contribution in [1.29, 1.82) is 0 Å². The van der Waals surface area contributed by atoms with Crippen molar-refractivity contribution in [3.8, 4) is 11.4 Å². The number of benzene rings is 2. The van der Waals surface area contributed by atoms with E-state index < -0.39 is 0 Å². The summed E-state index contributed by atoms with van der Waals surface area (Å²) in [6.07, 6.45) is 2.18. The summed E-state index contributed by atoms with van der Waals surface area (Å²) in [6, 6.07) is 13.5. The Bertz CT molecular complexity index is 1330. The van der Waals surface area contributed by atoms with Gasteiger partial charge in [0.05, 0.1) is 11.8 Å². The van der Waals surface area contributed by atoms with Gasteiger partial charge in [-0.15, -0.1) is 0 Å². The maximum atomic E-state index is 5.88. The molecule has 202 valence electrons. The largest absolute Gasteiger partial charge is 0.381 e. The number of methoxy groups -OCH3 is 1. The Morgan fingerprint density at radius 2 is 1.71 bits per heavy atom. The van der Waals surface area contributed by atoms with Crippen LogP contribution in [0.3, 0.4) is 0 Å². The first kappa shape index (κ1) is 26.7. The Morgan fingerprint density at radius 3 is 2.42 bits per heavy atom. The molecular formula is C33H44N4O. The van der Waals surface area contributed by atoms with E-state index in [2.05, 4.69) is 94.7 Å². The van der Waals surface area contributed by atoms with E-state index in [0.717, 1.165) is 56.2 Å². The molecule has 5 nitrogen and oxygen atoms in total. The Morgan fingerprint density at radius 1 is 0.947 bits per heavy atom. The molecule has 1 fully saturated rings. The number of nitrogens with zero attached hydrogens (tertiary/aromatic N) is 4. The molecule has 5 rings (SSSR count). The minimum absolute atomic E-state index is 0.0424. The standard InChI is InChI=1S/C33H44N4O/c1-21(2)25-12-11-24(5)29(18-25)36-15-13-28-27(19-36)32(37-16-14-30(38-8)33(6,7)20-37)35-31(34-28)26-17-22(3)9-10-23(26)4/h9-12,17-18,21,30H,13-16,19-20H2,1-8H3/t30-/m0/s1. The van der Waals surface area contributed by atoms with Gasteiger partial charge < -0.3 is 14.5 Å². The van der Waals surface area contributed by atoms with Crippen molar-refractivity contribution < 1.29 is 4.74 Å². The minimum atomic E-state index is 0.0424. The van der Waals surface area contributed by atoms with Gasteiger partial charge in [0.1, 0.15) is 5.82 Å². The molecule has 1 saturated heterocycles. The van der Waals surface area contributed by atoms with Gasteiger partial charge in [0.2, 0.25) is 0 Å². The number of aromatic nitrogens is 2. The number of piperidine rings is 1. The van der Waals surface area contributed by atoms with Crippen molar-refractivity contribution in [2.24, 2.45) is 5.41 Å². The third-order valence-corrected chi connectivity index (χ3v) is 8.63. The van der Waals surface area contributed by atoms with Crippen molar-refractivity contribution in [2.45, 2.75) is 79.9 Å². The van der Waals surface area contributed by atoms with Gasteiger partial charge in [-0.05, 0) is 61.9 Å². The van der Waals surface area contributed by atoms with Crippen molar-refractivity contribution in [2.75, 3.05) is 36.5 Å². The van der Waals surface area contributed by atoms with Crippen molar-refractivity contribution in [3.63, 3.8) is 0 Å².